The summed E-state index contributed by atoms with van der Waals surface area (Å²) in [5.74, 6) is 2.54. The van der Waals surface area contributed by atoms with Crippen molar-refractivity contribution in [2.24, 2.45) is 33.7 Å². The maximum Gasteiger partial charge on any atom is 0.135 e. The molecule has 0 aromatic heterocycles. The van der Waals surface area contributed by atoms with Gasteiger partial charge < -0.3 is 4.84 Å². The molecule has 0 saturated heterocycles. The van der Waals surface area contributed by atoms with Gasteiger partial charge in [-0.25, -0.2) is 0 Å². The Morgan fingerprint density at radius 3 is 2.72 bits per heavy atom. The van der Waals surface area contributed by atoms with Crippen molar-refractivity contribution in [3.8, 4) is 0 Å². The SMILES string of the molecule is CC1(C)CCC[C@]2(C)C(=CCO/N=C/c3ccccc3)[C@H]3CC[C@@H]2[C@@H]31. The Hall–Kier alpha value is -1.57. The Labute approximate surface area is 152 Å². The van der Waals surface area contributed by atoms with Crippen molar-refractivity contribution in [1.82, 2.24) is 0 Å². The average molecular weight is 338 g/mol. The molecule has 0 N–H and O–H groups in total. The van der Waals surface area contributed by atoms with E-state index in [0.29, 0.717) is 17.4 Å². The van der Waals surface area contributed by atoms with Gasteiger partial charge in [0.25, 0.3) is 0 Å². The van der Waals surface area contributed by atoms with E-state index in [4.69, 9.17) is 4.84 Å². The van der Waals surface area contributed by atoms with Crippen LogP contribution < -0.4 is 0 Å². The zero-order valence-corrected chi connectivity index (χ0v) is 15.9. The highest BCUT2D eigenvalue weighted by Crippen LogP contribution is 2.70. The molecule has 3 fully saturated rings. The van der Waals surface area contributed by atoms with E-state index in [0.717, 1.165) is 23.3 Å². The van der Waals surface area contributed by atoms with Gasteiger partial charge >= 0.3 is 0 Å². The topological polar surface area (TPSA) is 21.6 Å². The number of rotatable bonds is 4. The zero-order valence-electron chi connectivity index (χ0n) is 15.9. The van der Waals surface area contributed by atoms with E-state index in [2.05, 4.69) is 32.0 Å². The third-order valence-corrected chi connectivity index (χ3v) is 7.41. The minimum Gasteiger partial charge on any atom is -0.392 e. The summed E-state index contributed by atoms with van der Waals surface area (Å²) in [7, 11) is 0. The first-order valence-corrected chi connectivity index (χ1v) is 9.93. The summed E-state index contributed by atoms with van der Waals surface area (Å²) in [6.45, 7) is 8.16. The smallest absolute Gasteiger partial charge is 0.135 e. The lowest BCUT2D eigenvalue weighted by Crippen LogP contribution is -2.28. The lowest BCUT2D eigenvalue weighted by molar-refractivity contribution is 0.141. The van der Waals surface area contributed by atoms with E-state index in [1.165, 1.54) is 32.1 Å². The fourth-order valence-corrected chi connectivity index (χ4v) is 6.39. The molecule has 0 radical (unpaired) electrons. The Balaban J connectivity index is 1.47. The highest BCUT2D eigenvalue weighted by Gasteiger charge is 2.62. The molecule has 4 rings (SSSR count). The van der Waals surface area contributed by atoms with E-state index in [-0.39, 0.29) is 0 Å². The van der Waals surface area contributed by atoms with Crippen LogP contribution in [-0.4, -0.2) is 12.8 Å². The molecule has 4 atom stereocenters. The molecule has 3 aliphatic carbocycles. The third kappa shape index (κ3) is 2.84. The van der Waals surface area contributed by atoms with Crippen LogP contribution in [0.15, 0.2) is 47.1 Å². The molecule has 2 nitrogen and oxygen atoms in total. The molecular weight excluding hydrogens is 306 g/mol. The van der Waals surface area contributed by atoms with E-state index in [9.17, 15) is 0 Å². The molecule has 4 bridgehead atoms. The first kappa shape index (κ1) is 16.9. The molecule has 1 aromatic rings. The second-order valence-electron chi connectivity index (χ2n) is 9.18. The quantitative estimate of drug-likeness (QED) is 0.293. The number of benzene rings is 1. The lowest BCUT2D eigenvalue weighted by atomic mass is 9.68. The molecule has 134 valence electrons. The minimum absolute atomic E-state index is 0.411. The molecular formula is C23H31NO. The van der Waals surface area contributed by atoms with Crippen LogP contribution in [0.2, 0.25) is 0 Å². The summed E-state index contributed by atoms with van der Waals surface area (Å²) in [4.78, 5) is 5.58. The van der Waals surface area contributed by atoms with Crippen LogP contribution in [0.4, 0.5) is 0 Å². The van der Waals surface area contributed by atoms with Crippen molar-refractivity contribution in [2.75, 3.05) is 6.61 Å². The van der Waals surface area contributed by atoms with Gasteiger partial charge in [-0.2, -0.15) is 0 Å². The first-order valence-electron chi connectivity index (χ1n) is 9.93. The van der Waals surface area contributed by atoms with Gasteiger partial charge in [0.2, 0.25) is 0 Å². The van der Waals surface area contributed by atoms with Crippen molar-refractivity contribution in [3.63, 3.8) is 0 Å². The number of oxime groups is 1. The second kappa shape index (κ2) is 6.30. The summed E-state index contributed by atoms with van der Waals surface area (Å²) in [5, 5.41) is 4.15. The predicted octanol–water partition coefficient (Wildman–Crippen LogP) is 5.84. The van der Waals surface area contributed by atoms with Gasteiger partial charge in [0, 0.05) is 0 Å². The van der Waals surface area contributed by atoms with Gasteiger partial charge in [-0.3, -0.25) is 0 Å². The van der Waals surface area contributed by atoms with Crippen molar-refractivity contribution >= 4 is 6.21 Å². The van der Waals surface area contributed by atoms with Gasteiger partial charge in [-0.05, 0) is 65.9 Å². The zero-order chi connectivity index (χ0) is 17.5. The summed E-state index contributed by atoms with van der Waals surface area (Å²) in [6.07, 6.45) is 11.1. The van der Waals surface area contributed by atoms with Crippen LogP contribution in [0.25, 0.3) is 0 Å². The van der Waals surface area contributed by atoms with Crippen LogP contribution in [0, 0.1) is 28.6 Å². The highest BCUT2D eigenvalue weighted by atomic mass is 16.6. The molecule has 0 aliphatic heterocycles. The van der Waals surface area contributed by atoms with E-state index >= 15 is 0 Å². The van der Waals surface area contributed by atoms with E-state index in [1.54, 1.807) is 11.8 Å². The van der Waals surface area contributed by atoms with E-state index < -0.39 is 0 Å². The van der Waals surface area contributed by atoms with Crippen LogP contribution in [0.1, 0.15) is 58.4 Å². The summed E-state index contributed by atoms with van der Waals surface area (Å²) in [5.41, 5.74) is 3.67. The van der Waals surface area contributed by atoms with Crippen LogP contribution >= 0.6 is 0 Å². The number of hydrogen-bond acceptors (Lipinski definition) is 2. The van der Waals surface area contributed by atoms with E-state index in [1.807, 2.05) is 30.3 Å². The molecule has 0 heterocycles. The molecule has 0 spiro atoms. The van der Waals surface area contributed by atoms with Crippen molar-refractivity contribution in [2.45, 2.75) is 52.9 Å². The normalized spacial score (nSPS) is 37.6. The Bertz CT molecular complexity index is 675. The molecule has 1 aromatic carbocycles. The van der Waals surface area contributed by atoms with Crippen molar-refractivity contribution < 1.29 is 4.84 Å². The summed E-state index contributed by atoms with van der Waals surface area (Å²) in [6, 6.07) is 10.1. The standard InChI is InChI=1S/C23H31NO/c1-22(2)13-7-14-23(3)19(18-10-11-20(23)21(18)22)12-15-25-24-16-17-8-5-4-6-9-17/h4-6,8-9,12,16,18,20-21H,7,10-11,13-15H2,1-3H3/b19-12?,24-16+/t18-,20-,21-,23-/m1/s1. The second-order valence-corrected chi connectivity index (χ2v) is 9.18. The van der Waals surface area contributed by atoms with Crippen LogP contribution in [0.3, 0.4) is 0 Å². The molecule has 25 heavy (non-hydrogen) atoms. The molecule has 3 aliphatic rings. The van der Waals surface area contributed by atoms with Gasteiger partial charge in [-0.1, -0.05) is 68.3 Å². The van der Waals surface area contributed by atoms with Gasteiger partial charge in [0.05, 0.1) is 6.21 Å². The van der Waals surface area contributed by atoms with Gasteiger partial charge in [0.1, 0.15) is 6.61 Å². The van der Waals surface area contributed by atoms with Gasteiger partial charge in [-0.15, -0.1) is 0 Å². The summed E-state index contributed by atoms with van der Waals surface area (Å²) < 4.78 is 0. The molecule has 3 saturated carbocycles. The summed E-state index contributed by atoms with van der Waals surface area (Å²) >= 11 is 0. The molecule has 0 unspecified atom stereocenters. The van der Waals surface area contributed by atoms with Crippen molar-refractivity contribution in [1.29, 1.82) is 0 Å². The lowest BCUT2D eigenvalue weighted by Gasteiger charge is -2.36. The average Bonchev–Trinajstić information content (AvgIpc) is 3.09. The first-order chi connectivity index (χ1) is 12.0. The Kier molecular flexibility index (Phi) is 4.25. The van der Waals surface area contributed by atoms with Crippen LogP contribution in [-0.2, 0) is 4.84 Å². The van der Waals surface area contributed by atoms with Crippen LogP contribution in [0.5, 0.6) is 0 Å². The Morgan fingerprint density at radius 1 is 1.12 bits per heavy atom. The monoisotopic (exact) mass is 337 g/mol. The fourth-order valence-electron chi connectivity index (χ4n) is 6.39. The number of hydrogen-bond donors (Lipinski definition) is 0. The maximum absolute atomic E-state index is 5.58. The largest absolute Gasteiger partial charge is 0.392 e. The van der Waals surface area contributed by atoms with Gasteiger partial charge in [0.15, 0.2) is 0 Å². The van der Waals surface area contributed by atoms with Crippen molar-refractivity contribution in [3.05, 3.63) is 47.5 Å². The highest BCUT2D eigenvalue weighted by molar-refractivity contribution is 5.78. The molecule has 0 amide bonds. The molecule has 2 heteroatoms. The predicted molar refractivity (Wildman–Crippen MR) is 104 cm³/mol. The Morgan fingerprint density at radius 2 is 1.92 bits per heavy atom. The maximum atomic E-state index is 5.58. The number of nitrogens with zero attached hydrogens (tertiary/aromatic N) is 1. The number of allylic oxidation sites excluding steroid dienone is 1. The third-order valence-electron chi connectivity index (χ3n) is 7.41. The fraction of sp³-hybridized carbons (Fsp3) is 0.609. The minimum atomic E-state index is 0.411.